The molecule has 1 atom stereocenters. The lowest BCUT2D eigenvalue weighted by molar-refractivity contribution is 0.0635. The highest BCUT2D eigenvalue weighted by Gasteiger charge is 2.20. The predicted octanol–water partition coefficient (Wildman–Crippen LogP) is 1.99. The average Bonchev–Trinajstić information content (AvgIpc) is 2.29. The molecule has 1 amide bonds. The van der Waals surface area contributed by atoms with Crippen molar-refractivity contribution in [1.82, 2.24) is 5.32 Å². The lowest BCUT2D eigenvalue weighted by Gasteiger charge is -2.22. The van der Waals surface area contributed by atoms with E-state index in [4.69, 9.17) is 4.74 Å². The van der Waals surface area contributed by atoms with Gasteiger partial charge in [0.25, 0.3) is 0 Å². The predicted molar refractivity (Wildman–Crippen MR) is 76.9 cm³/mol. The fourth-order valence-electron chi connectivity index (χ4n) is 1.68. The van der Waals surface area contributed by atoms with Crippen molar-refractivity contribution in [3.05, 3.63) is 23.8 Å². The van der Waals surface area contributed by atoms with Gasteiger partial charge in [-0.1, -0.05) is 12.1 Å². The number of benzene rings is 1. The van der Waals surface area contributed by atoms with E-state index in [1.165, 1.54) is 6.07 Å². The first kappa shape index (κ1) is 16.3. The number of anilines is 1. The fraction of sp³-hybridized carbons (Fsp3) is 0.500. The molecule has 0 heterocycles. The zero-order valence-corrected chi connectivity index (χ0v) is 12.2. The number of likely N-dealkylation sites (N-methyl/N-ethyl adjacent to an activating group) is 1. The molecule has 0 spiro atoms. The molecule has 1 rings (SSSR count). The Hall–Kier alpha value is -1.79. The summed E-state index contributed by atoms with van der Waals surface area (Å²) in [6.45, 7) is 5.53. The monoisotopic (exact) mass is 282 g/mol. The molecule has 20 heavy (non-hydrogen) atoms. The van der Waals surface area contributed by atoms with Gasteiger partial charge < -0.3 is 20.3 Å². The van der Waals surface area contributed by atoms with E-state index in [0.717, 1.165) is 0 Å². The van der Waals surface area contributed by atoms with Crippen LogP contribution in [0.3, 0.4) is 0 Å². The number of rotatable bonds is 4. The van der Waals surface area contributed by atoms with E-state index >= 15 is 0 Å². The lowest BCUT2D eigenvalue weighted by Crippen LogP contribution is -2.28. The highest BCUT2D eigenvalue weighted by atomic mass is 16.6. The van der Waals surface area contributed by atoms with Crippen LogP contribution in [-0.2, 0) is 4.74 Å². The molecule has 112 valence electrons. The molecule has 0 saturated carbocycles. The molecule has 4 N–H and O–H groups in total. The largest absolute Gasteiger partial charge is 0.506 e. The average molecular weight is 282 g/mol. The van der Waals surface area contributed by atoms with Crippen LogP contribution in [-0.4, -0.2) is 35.5 Å². The molecule has 0 aliphatic rings. The number of hydrogen-bond acceptors (Lipinski definition) is 5. The number of carbonyl (C=O) groups is 1. The molecule has 1 unspecified atom stereocenters. The summed E-state index contributed by atoms with van der Waals surface area (Å²) in [7, 11) is 1.70. The van der Waals surface area contributed by atoms with Crippen LogP contribution in [0, 0.1) is 0 Å². The van der Waals surface area contributed by atoms with Gasteiger partial charge in [-0.05, 0) is 33.9 Å². The quantitative estimate of drug-likeness (QED) is 0.634. The van der Waals surface area contributed by atoms with E-state index in [0.29, 0.717) is 12.1 Å². The van der Waals surface area contributed by atoms with E-state index in [2.05, 4.69) is 10.6 Å². The zero-order chi connectivity index (χ0) is 15.3. The topological polar surface area (TPSA) is 90.8 Å². The van der Waals surface area contributed by atoms with E-state index in [1.54, 1.807) is 40.0 Å². The molecule has 0 radical (unpaired) electrons. The molecule has 0 aliphatic heterocycles. The van der Waals surface area contributed by atoms with Crippen LogP contribution in [0.5, 0.6) is 5.75 Å². The number of aromatic hydroxyl groups is 1. The summed E-state index contributed by atoms with van der Waals surface area (Å²) in [5.74, 6) is -0.122. The van der Waals surface area contributed by atoms with Gasteiger partial charge >= 0.3 is 6.09 Å². The number of nitrogens with one attached hydrogen (secondary N) is 2. The van der Waals surface area contributed by atoms with Crippen molar-refractivity contribution in [3.63, 3.8) is 0 Å². The number of aliphatic hydroxyl groups excluding tert-OH is 1. The number of phenolic OH excluding ortho intramolecular Hbond substituents is 1. The van der Waals surface area contributed by atoms with Gasteiger partial charge in [-0.25, -0.2) is 4.79 Å². The molecular weight excluding hydrogens is 260 g/mol. The molecule has 1 aromatic rings. The van der Waals surface area contributed by atoms with Crippen molar-refractivity contribution in [1.29, 1.82) is 0 Å². The van der Waals surface area contributed by atoms with Gasteiger partial charge in [0.15, 0.2) is 0 Å². The number of amides is 1. The minimum Gasteiger partial charge on any atom is -0.506 e. The minimum atomic E-state index is -0.850. The SMILES string of the molecule is CNCC(O)c1cccc(O)c1NC(=O)OC(C)(C)C. The molecule has 6 heteroatoms. The number of ether oxygens (including phenoxy) is 1. The van der Waals surface area contributed by atoms with Crippen LogP contribution in [0.15, 0.2) is 18.2 Å². The molecule has 0 aliphatic carbocycles. The Morgan fingerprint density at radius 2 is 2.05 bits per heavy atom. The van der Waals surface area contributed by atoms with E-state index in [9.17, 15) is 15.0 Å². The third-order valence-electron chi connectivity index (χ3n) is 2.46. The summed E-state index contributed by atoms with van der Waals surface area (Å²) in [6.07, 6.45) is -1.53. The number of hydrogen-bond donors (Lipinski definition) is 4. The van der Waals surface area contributed by atoms with E-state index in [-0.39, 0.29) is 11.4 Å². The van der Waals surface area contributed by atoms with E-state index < -0.39 is 17.8 Å². The maximum Gasteiger partial charge on any atom is 0.412 e. The van der Waals surface area contributed by atoms with Crippen LogP contribution in [0.1, 0.15) is 32.4 Å². The van der Waals surface area contributed by atoms with E-state index in [1.807, 2.05) is 0 Å². The summed E-state index contributed by atoms with van der Waals surface area (Å²) in [5, 5.41) is 25.2. The first-order chi connectivity index (χ1) is 9.24. The summed E-state index contributed by atoms with van der Waals surface area (Å²) in [5.41, 5.74) is -0.0622. The number of aliphatic hydroxyl groups is 1. The molecule has 0 saturated heterocycles. The van der Waals surface area contributed by atoms with Crippen LogP contribution in [0.2, 0.25) is 0 Å². The first-order valence-electron chi connectivity index (χ1n) is 6.39. The third-order valence-corrected chi connectivity index (χ3v) is 2.46. The van der Waals surface area contributed by atoms with Gasteiger partial charge in [0.1, 0.15) is 11.4 Å². The Labute approximate surface area is 118 Å². The summed E-state index contributed by atoms with van der Waals surface area (Å²) in [6, 6.07) is 4.67. The standard InChI is InChI=1S/C14H22N2O4/c1-14(2,3)20-13(19)16-12-9(11(18)8-15-4)6-5-7-10(12)17/h5-7,11,15,17-18H,8H2,1-4H3,(H,16,19). The zero-order valence-electron chi connectivity index (χ0n) is 12.2. The van der Waals surface area contributed by atoms with Crippen molar-refractivity contribution in [3.8, 4) is 5.75 Å². The van der Waals surface area contributed by atoms with Gasteiger partial charge in [0.05, 0.1) is 11.8 Å². The van der Waals surface area contributed by atoms with Crippen LogP contribution < -0.4 is 10.6 Å². The Kier molecular flexibility index (Phi) is 5.35. The highest BCUT2D eigenvalue weighted by molar-refractivity contribution is 5.88. The lowest BCUT2D eigenvalue weighted by atomic mass is 10.1. The highest BCUT2D eigenvalue weighted by Crippen LogP contribution is 2.31. The smallest absolute Gasteiger partial charge is 0.412 e. The van der Waals surface area contributed by atoms with Gasteiger partial charge in [-0.2, -0.15) is 0 Å². The fourth-order valence-corrected chi connectivity index (χ4v) is 1.68. The van der Waals surface area contributed by atoms with Crippen molar-refractivity contribution in [2.75, 3.05) is 18.9 Å². The van der Waals surface area contributed by atoms with Gasteiger partial charge in [0.2, 0.25) is 0 Å². The van der Waals surface area contributed by atoms with Gasteiger partial charge in [-0.15, -0.1) is 0 Å². The van der Waals surface area contributed by atoms with Crippen LogP contribution in [0.4, 0.5) is 10.5 Å². The third kappa shape index (κ3) is 4.71. The second kappa shape index (κ2) is 6.58. The van der Waals surface area contributed by atoms with Crippen LogP contribution in [0.25, 0.3) is 0 Å². The Bertz CT molecular complexity index is 469. The Morgan fingerprint density at radius 1 is 1.40 bits per heavy atom. The molecular formula is C14H22N2O4. The maximum atomic E-state index is 11.8. The summed E-state index contributed by atoms with van der Waals surface area (Å²) < 4.78 is 5.13. The summed E-state index contributed by atoms with van der Waals surface area (Å²) >= 11 is 0. The molecule has 6 nitrogen and oxygen atoms in total. The van der Waals surface area contributed by atoms with Crippen LogP contribution >= 0.6 is 0 Å². The second-order valence-electron chi connectivity index (χ2n) is 5.44. The van der Waals surface area contributed by atoms with Crippen molar-refractivity contribution >= 4 is 11.8 Å². The number of carbonyl (C=O) groups excluding carboxylic acids is 1. The number of phenols is 1. The van der Waals surface area contributed by atoms with Gasteiger partial charge in [-0.3, -0.25) is 5.32 Å². The van der Waals surface area contributed by atoms with Crippen molar-refractivity contribution in [2.45, 2.75) is 32.5 Å². The number of para-hydroxylation sites is 1. The molecule has 0 bridgehead atoms. The Morgan fingerprint density at radius 3 is 2.60 bits per heavy atom. The maximum absolute atomic E-state index is 11.8. The first-order valence-corrected chi connectivity index (χ1v) is 6.39. The molecule has 0 fully saturated rings. The normalized spacial score (nSPS) is 12.8. The van der Waals surface area contributed by atoms with Gasteiger partial charge in [0, 0.05) is 12.1 Å². The summed E-state index contributed by atoms with van der Waals surface area (Å²) in [4.78, 5) is 11.8. The van der Waals surface area contributed by atoms with Crippen molar-refractivity contribution < 1.29 is 19.7 Å². The molecule has 0 aromatic heterocycles. The second-order valence-corrected chi connectivity index (χ2v) is 5.44. The molecule has 1 aromatic carbocycles. The van der Waals surface area contributed by atoms with Crippen molar-refractivity contribution in [2.24, 2.45) is 0 Å². The Balaban J connectivity index is 2.96. The minimum absolute atomic E-state index is 0.122.